The van der Waals surface area contributed by atoms with Crippen LogP contribution in [-0.2, 0) is 11.8 Å². The summed E-state index contributed by atoms with van der Waals surface area (Å²) in [6, 6.07) is 2.72. The second-order valence-electron chi connectivity index (χ2n) is 10.8. The van der Waals surface area contributed by atoms with Gasteiger partial charge in [0, 0.05) is 37.5 Å². The lowest BCUT2D eigenvalue weighted by atomic mass is 9.85. The minimum atomic E-state index is -4.13. The lowest BCUT2D eigenvalue weighted by Crippen LogP contribution is -2.61. The Labute approximate surface area is 219 Å². The van der Waals surface area contributed by atoms with Crippen molar-refractivity contribution in [2.75, 3.05) is 5.32 Å². The summed E-state index contributed by atoms with van der Waals surface area (Å²) in [6.07, 6.45) is 0.144. The van der Waals surface area contributed by atoms with Gasteiger partial charge in [-0.25, -0.2) is 18.2 Å². The van der Waals surface area contributed by atoms with E-state index in [1.165, 1.54) is 23.0 Å². The van der Waals surface area contributed by atoms with Crippen LogP contribution >= 0.6 is 11.6 Å². The van der Waals surface area contributed by atoms with E-state index >= 15 is 8.78 Å². The van der Waals surface area contributed by atoms with Crippen LogP contribution in [0.25, 0.3) is 0 Å². The van der Waals surface area contributed by atoms with Crippen LogP contribution in [0.1, 0.15) is 60.6 Å². The molecule has 0 bridgehead atoms. The molecule has 5 rings (SSSR count). The van der Waals surface area contributed by atoms with Crippen molar-refractivity contribution in [1.29, 1.82) is 0 Å². The molecule has 13 heteroatoms. The fourth-order valence-corrected chi connectivity index (χ4v) is 6.36. The first-order valence-corrected chi connectivity index (χ1v) is 12.6. The minimum absolute atomic E-state index is 0.153. The Balaban J connectivity index is 1.25. The average molecular weight is 561 g/mol. The van der Waals surface area contributed by atoms with Gasteiger partial charge in [-0.3, -0.25) is 9.59 Å². The van der Waals surface area contributed by atoms with Crippen molar-refractivity contribution in [3.63, 3.8) is 0 Å². The number of carbonyl (C=O) groups is 2. The van der Waals surface area contributed by atoms with E-state index in [4.69, 9.17) is 11.6 Å². The predicted octanol–water partition coefficient (Wildman–Crippen LogP) is 4.65. The number of alkyl halides is 4. The number of carbonyl (C=O) groups excluding carboxylic acids is 2. The number of hydrogen-bond acceptors (Lipinski definition) is 4. The second kappa shape index (κ2) is 9.18. The van der Waals surface area contributed by atoms with E-state index in [1.54, 1.807) is 7.05 Å². The van der Waals surface area contributed by atoms with Crippen molar-refractivity contribution in [2.24, 2.45) is 18.9 Å². The predicted molar refractivity (Wildman–Crippen MR) is 127 cm³/mol. The van der Waals surface area contributed by atoms with Crippen molar-refractivity contribution < 1.29 is 36.6 Å². The molecule has 3 fully saturated rings. The molecule has 2 unspecified atom stereocenters. The van der Waals surface area contributed by atoms with Crippen LogP contribution in [0.2, 0.25) is 5.02 Å². The second-order valence-corrected chi connectivity index (χ2v) is 11.2. The van der Waals surface area contributed by atoms with Crippen LogP contribution in [0, 0.1) is 17.7 Å². The van der Waals surface area contributed by atoms with Crippen LogP contribution in [0.5, 0.6) is 0 Å². The van der Waals surface area contributed by atoms with Crippen molar-refractivity contribution in [2.45, 2.75) is 67.9 Å². The zero-order chi connectivity index (χ0) is 27.6. The summed E-state index contributed by atoms with van der Waals surface area (Å²) in [7, 11) is 1.63. The van der Waals surface area contributed by atoms with E-state index in [1.807, 2.05) is 5.32 Å². The first-order valence-electron chi connectivity index (χ1n) is 12.3. The van der Waals surface area contributed by atoms with E-state index < -0.39 is 54.0 Å². The molecule has 2 aromatic rings. The number of rotatable bonds is 6. The molecule has 2 amide bonds. The number of aryl methyl sites for hydroxylation is 1. The normalized spacial score (nSPS) is 28.6. The number of aliphatic hydroxyl groups is 1. The molecule has 206 valence electrons. The van der Waals surface area contributed by atoms with E-state index in [-0.39, 0.29) is 47.0 Å². The van der Waals surface area contributed by atoms with Gasteiger partial charge in [-0.2, -0.15) is 8.78 Å². The van der Waals surface area contributed by atoms with Crippen molar-refractivity contribution in [3.05, 3.63) is 46.8 Å². The lowest BCUT2D eigenvalue weighted by molar-refractivity contribution is -0.195. The Morgan fingerprint density at radius 3 is 2.37 bits per heavy atom. The highest BCUT2D eigenvalue weighted by atomic mass is 35.5. The van der Waals surface area contributed by atoms with Gasteiger partial charge in [-0.05, 0) is 55.7 Å². The molecule has 0 radical (unpaired) electrons. The van der Waals surface area contributed by atoms with Gasteiger partial charge in [0.25, 0.3) is 17.7 Å². The van der Waals surface area contributed by atoms with Crippen molar-refractivity contribution >= 4 is 29.1 Å². The highest BCUT2D eigenvalue weighted by Crippen LogP contribution is 2.57. The van der Waals surface area contributed by atoms with E-state index in [0.717, 1.165) is 6.07 Å². The third-order valence-electron chi connectivity index (χ3n) is 8.08. The first-order chi connectivity index (χ1) is 17.7. The van der Waals surface area contributed by atoms with Crippen LogP contribution in [0.3, 0.4) is 0 Å². The van der Waals surface area contributed by atoms with Crippen LogP contribution in [-0.4, -0.2) is 50.0 Å². The number of benzene rings is 1. The van der Waals surface area contributed by atoms with Crippen LogP contribution in [0.15, 0.2) is 24.5 Å². The number of nitrogens with zero attached hydrogens (tertiary/aromatic N) is 2. The standard InChI is InChI=1S/C25H26ClF5N4O3/c1-35-11-32-19(20(35)21(36)33-15-2-3-18(27)17(26)6-15)12-4-13-7-23(38,8-14(13)5-12)25(30,31)22(37)34-16-9-24(28,29)10-16/h2-3,6,11-14,16,38H,4-5,7-10H2,1H3,(H,33,36)(H,34,37). The van der Waals surface area contributed by atoms with Gasteiger partial charge in [0.1, 0.15) is 17.1 Å². The largest absolute Gasteiger partial charge is 0.383 e. The number of fused-ring (bicyclic) bond motifs is 1. The molecule has 7 nitrogen and oxygen atoms in total. The molecule has 3 saturated carbocycles. The van der Waals surface area contributed by atoms with Gasteiger partial charge < -0.3 is 20.3 Å². The van der Waals surface area contributed by atoms with Crippen molar-refractivity contribution in [3.8, 4) is 0 Å². The average Bonchev–Trinajstić information content (AvgIpc) is 3.46. The Hall–Kier alpha value is -2.73. The van der Waals surface area contributed by atoms with E-state index in [0.29, 0.717) is 18.5 Å². The topological polar surface area (TPSA) is 96.2 Å². The van der Waals surface area contributed by atoms with Gasteiger partial charge >= 0.3 is 5.92 Å². The third-order valence-corrected chi connectivity index (χ3v) is 8.37. The summed E-state index contributed by atoms with van der Waals surface area (Å²) in [6.45, 7) is 0. The van der Waals surface area contributed by atoms with E-state index in [2.05, 4.69) is 10.3 Å². The molecular formula is C25H26ClF5N4O3. The van der Waals surface area contributed by atoms with Crippen molar-refractivity contribution in [1.82, 2.24) is 14.9 Å². The fourth-order valence-electron chi connectivity index (χ4n) is 6.18. The summed E-state index contributed by atoms with van der Waals surface area (Å²) in [4.78, 5) is 29.7. The highest BCUT2D eigenvalue weighted by molar-refractivity contribution is 6.31. The minimum Gasteiger partial charge on any atom is -0.383 e. The summed E-state index contributed by atoms with van der Waals surface area (Å²) in [5.74, 6) is -10.9. The number of anilines is 1. The Morgan fingerprint density at radius 2 is 1.79 bits per heavy atom. The number of imidazole rings is 1. The molecule has 0 saturated heterocycles. The monoisotopic (exact) mass is 560 g/mol. The van der Waals surface area contributed by atoms with Gasteiger partial charge in [0.15, 0.2) is 0 Å². The number of amides is 2. The molecule has 0 spiro atoms. The maximum atomic E-state index is 15.0. The molecule has 1 heterocycles. The first kappa shape index (κ1) is 26.9. The highest BCUT2D eigenvalue weighted by Gasteiger charge is 2.65. The SMILES string of the molecule is Cn1cnc(C2CC3CC(O)(C(F)(F)C(=O)NC4CC(F)(F)C4)CC3C2)c1C(=O)Nc1ccc(F)c(Cl)c1. The van der Waals surface area contributed by atoms with Crippen LogP contribution in [0.4, 0.5) is 27.6 Å². The Morgan fingerprint density at radius 1 is 1.16 bits per heavy atom. The number of halogens is 6. The number of aromatic nitrogens is 2. The number of hydrogen-bond donors (Lipinski definition) is 3. The number of nitrogens with one attached hydrogen (secondary N) is 2. The zero-order valence-corrected chi connectivity index (χ0v) is 21.0. The molecule has 2 atom stereocenters. The fraction of sp³-hybridized carbons (Fsp3) is 0.560. The summed E-state index contributed by atoms with van der Waals surface area (Å²) < 4.78 is 71.1. The molecular weight excluding hydrogens is 535 g/mol. The maximum absolute atomic E-state index is 15.0. The van der Waals surface area contributed by atoms with Gasteiger partial charge in [-0.15, -0.1) is 0 Å². The smallest absolute Gasteiger partial charge is 0.352 e. The van der Waals surface area contributed by atoms with Crippen LogP contribution < -0.4 is 10.6 Å². The van der Waals surface area contributed by atoms with Gasteiger partial charge in [0.2, 0.25) is 0 Å². The van der Waals surface area contributed by atoms with Gasteiger partial charge in [-0.1, -0.05) is 11.6 Å². The zero-order valence-electron chi connectivity index (χ0n) is 20.3. The molecule has 3 aliphatic carbocycles. The Kier molecular flexibility index (Phi) is 6.49. The lowest BCUT2D eigenvalue weighted by Gasteiger charge is -2.38. The maximum Gasteiger partial charge on any atom is 0.352 e. The molecule has 0 aliphatic heterocycles. The summed E-state index contributed by atoms with van der Waals surface area (Å²) in [5.41, 5.74) is -1.57. The van der Waals surface area contributed by atoms with E-state index in [9.17, 15) is 27.9 Å². The molecule has 3 aliphatic rings. The molecule has 1 aromatic carbocycles. The Bertz CT molecular complexity index is 1260. The quantitative estimate of drug-likeness (QED) is 0.448. The molecule has 1 aromatic heterocycles. The van der Waals surface area contributed by atoms with Gasteiger partial charge in [0.05, 0.1) is 17.0 Å². The summed E-state index contributed by atoms with van der Waals surface area (Å²) >= 11 is 5.79. The molecule has 3 N–H and O–H groups in total. The summed E-state index contributed by atoms with van der Waals surface area (Å²) in [5, 5.41) is 15.3. The molecule has 38 heavy (non-hydrogen) atoms. The third kappa shape index (κ3) is 4.66.